The molecule has 0 spiro atoms. The standard InChI is InChI=1S/C46H72N2O6/c1-28(2)36-31(50)25-46(39(52)47-40(3,4)26-48-22-12-13-23-48)21-20-44(10)29(37(36)46)14-15-33-43(9)18-17-34(42(7,8)32(43)16-19-45(33,44)11)54-38(51)30-24-35(53-27-49)41(30,5)6/h27-30,32-35H,12-26H2,1-11H3,(H,47,52)/t29-,30-,32+,33-,34+,35-,43+,44-,45-,46-/m1/s1. The molecular formula is C46H72N2O6. The van der Waals surface area contributed by atoms with Crippen LogP contribution in [0.4, 0.5) is 0 Å². The molecule has 0 unspecified atom stereocenters. The minimum atomic E-state index is -0.744. The molecule has 302 valence electrons. The Morgan fingerprint density at radius 2 is 1.56 bits per heavy atom. The van der Waals surface area contributed by atoms with Crippen molar-refractivity contribution < 1.29 is 28.7 Å². The molecule has 54 heavy (non-hydrogen) atoms. The Morgan fingerprint density at radius 3 is 2.19 bits per heavy atom. The molecule has 6 aliphatic carbocycles. The number of fused-ring (bicyclic) bond motifs is 7. The molecule has 1 amide bonds. The van der Waals surface area contributed by atoms with Gasteiger partial charge in [0.2, 0.25) is 5.91 Å². The van der Waals surface area contributed by atoms with E-state index < -0.39 is 10.8 Å². The third kappa shape index (κ3) is 5.73. The number of nitrogens with zero attached hydrogens (tertiary/aromatic N) is 1. The third-order valence-electron chi connectivity index (χ3n) is 18.0. The first-order valence-corrected chi connectivity index (χ1v) is 21.7. The summed E-state index contributed by atoms with van der Waals surface area (Å²) in [4.78, 5) is 56.1. The second kappa shape index (κ2) is 13.2. The third-order valence-corrected chi connectivity index (χ3v) is 18.0. The Balaban J connectivity index is 1.14. The van der Waals surface area contributed by atoms with E-state index in [-0.39, 0.29) is 74.8 Å². The van der Waals surface area contributed by atoms with Gasteiger partial charge in [0.15, 0.2) is 5.78 Å². The summed E-state index contributed by atoms with van der Waals surface area (Å²) in [5.74, 6) is 1.11. The fraction of sp³-hybridized carbons (Fsp3) is 0.870. The number of allylic oxidation sites excluding steroid dienone is 1. The quantitative estimate of drug-likeness (QED) is 0.187. The second-order valence-corrected chi connectivity index (χ2v) is 22.2. The molecular weight excluding hydrogens is 677 g/mol. The minimum Gasteiger partial charge on any atom is -0.464 e. The molecule has 1 saturated heterocycles. The summed E-state index contributed by atoms with van der Waals surface area (Å²) in [6.07, 6.45) is 10.8. The van der Waals surface area contributed by atoms with E-state index in [2.05, 4.69) is 72.5 Å². The summed E-state index contributed by atoms with van der Waals surface area (Å²) < 4.78 is 11.7. The summed E-state index contributed by atoms with van der Waals surface area (Å²) >= 11 is 0. The van der Waals surface area contributed by atoms with Crippen molar-refractivity contribution in [2.75, 3.05) is 19.6 Å². The van der Waals surface area contributed by atoms with Gasteiger partial charge in [0, 0.05) is 29.3 Å². The molecule has 0 aromatic carbocycles. The van der Waals surface area contributed by atoms with Crippen molar-refractivity contribution in [1.82, 2.24) is 10.2 Å². The van der Waals surface area contributed by atoms with Crippen molar-refractivity contribution in [3.63, 3.8) is 0 Å². The van der Waals surface area contributed by atoms with Gasteiger partial charge in [-0.05, 0) is 149 Å². The van der Waals surface area contributed by atoms with Crippen LogP contribution in [-0.2, 0) is 28.7 Å². The second-order valence-electron chi connectivity index (χ2n) is 22.2. The van der Waals surface area contributed by atoms with Gasteiger partial charge in [0.1, 0.15) is 12.2 Å². The van der Waals surface area contributed by atoms with Crippen molar-refractivity contribution >= 4 is 24.1 Å². The normalized spacial score (nSPS) is 42.6. The molecule has 10 atom stereocenters. The first kappa shape index (κ1) is 40.0. The Kier molecular flexibility index (Phi) is 9.75. The largest absolute Gasteiger partial charge is 0.464 e. The van der Waals surface area contributed by atoms with Crippen LogP contribution in [0.2, 0.25) is 0 Å². The monoisotopic (exact) mass is 749 g/mol. The molecule has 0 aromatic heterocycles. The molecule has 1 aliphatic heterocycles. The zero-order chi connectivity index (χ0) is 39.4. The molecule has 7 aliphatic rings. The SMILES string of the molecule is CC(C)C1=C2[C@H]3CC[C@@H]4[C@@]5(C)CC[C@H](OC(=O)[C@H]6C[C@@H](OC=O)C6(C)C)C(C)(C)[C@@H]5CC[C@@]4(C)[C@]3(C)CC[C@@]2(C(=O)NC(C)(C)CN2CCCC2)CC1=O. The van der Waals surface area contributed by atoms with Gasteiger partial charge < -0.3 is 19.7 Å². The van der Waals surface area contributed by atoms with Gasteiger partial charge in [-0.1, -0.05) is 62.3 Å². The summed E-state index contributed by atoms with van der Waals surface area (Å²) in [7, 11) is 0. The highest BCUT2D eigenvalue weighted by molar-refractivity contribution is 6.07. The number of rotatable bonds is 9. The van der Waals surface area contributed by atoms with Crippen LogP contribution in [0.25, 0.3) is 0 Å². The molecule has 7 rings (SSSR count). The Bertz CT molecular complexity index is 1590. The van der Waals surface area contributed by atoms with Crippen LogP contribution in [0.15, 0.2) is 11.1 Å². The highest BCUT2D eigenvalue weighted by Crippen LogP contribution is 2.77. The molecule has 8 nitrogen and oxygen atoms in total. The van der Waals surface area contributed by atoms with Crippen LogP contribution in [0.5, 0.6) is 0 Å². The van der Waals surface area contributed by atoms with Crippen molar-refractivity contribution in [3.8, 4) is 0 Å². The van der Waals surface area contributed by atoms with Crippen molar-refractivity contribution in [2.45, 2.75) is 171 Å². The van der Waals surface area contributed by atoms with Crippen LogP contribution >= 0.6 is 0 Å². The maximum atomic E-state index is 14.8. The van der Waals surface area contributed by atoms with E-state index >= 15 is 0 Å². The lowest BCUT2D eigenvalue weighted by Crippen LogP contribution is -2.66. The fourth-order valence-corrected chi connectivity index (χ4v) is 14.9. The molecule has 0 aromatic rings. The summed E-state index contributed by atoms with van der Waals surface area (Å²) in [6.45, 7) is 28.5. The highest BCUT2D eigenvalue weighted by atomic mass is 16.6. The van der Waals surface area contributed by atoms with Crippen LogP contribution in [-0.4, -0.2) is 66.4 Å². The number of nitrogens with one attached hydrogen (secondary N) is 1. The molecule has 6 fully saturated rings. The maximum absolute atomic E-state index is 14.8. The highest BCUT2D eigenvalue weighted by Gasteiger charge is 2.71. The zero-order valence-corrected chi connectivity index (χ0v) is 35.6. The van der Waals surface area contributed by atoms with Gasteiger partial charge in [-0.2, -0.15) is 0 Å². The number of carbonyl (C=O) groups excluding carboxylic acids is 4. The minimum absolute atomic E-state index is 0.0256. The van der Waals surface area contributed by atoms with Gasteiger partial charge in [-0.25, -0.2) is 0 Å². The fourth-order valence-electron chi connectivity index (χ4n) is 14.9. The number of hydrogen-bond donors (Lipinski definition) is 1. The number of hydrogen-bond acceptors (Lipinski definition) is 7. The van der Waals surface area contributed by atoms with Crippen molar-refractivity contribution in [1.29, 1.82) is 0 Å². The van der Waals surface area contributed by atoms with Crippen molar-refractivity contribution in [2.24, 2.45) is 62.1 Å². The van der Waals surface area contributed by atoms with Crippen LogP contribution in [0.3, 0.4) is 0 Å². The predicted octanol–water partition coefficient (Wildman–Crippen LogP) is 8.46. The number of carbonyl (C=O) groups is 4. The topological polar surface area (TPSA) is 102 Å². The number of ether oxygens (including phenoxy) is 2. The number of esters is 1. The van der Waals surface area contributed by atoms with Gasteiger partial charge in [-0.3, -0.25) is 19.2 Å². The summed E-state index contributed by atoms with van der Waals surface area (Å²) in [5.41, 5.74) is 0.582. The Morgan fingerprint density at radius 1 is 0.870 bits per heavy atom. The first-order chi connectivity index (χ1) is 25.1. The molecule has 0 radical (unpaired) electrons. The van der Waals surface area contributed by atoms with E-state index in [1.54, 1.807) is 0 Å². The molecule has 8 heteroatoms. The van der Waals surface area contributed by atoms with E-state index in [9.17, 15) is 19.2 Å². The van der Waals surface area contributed by atoms with Gasteiger partial charge in [-0.15, -0.1) is 0 Å². The zero-order valence-electron chi connectivity index (χ0n) is 35.6. The average Bonchev–Trinajstić information content (AvgIpc) is 3.69. The van der Waals surface area contributed by atoms with Crippen LogP contribution in [0.1, 0.15) is 153 Å². The van der Waals surface area contributed by atoms with Gasteiger partial charge in [0.25, 0.3) is 6.47 Å². The first-order valence-electron chi connectivity index (χ1n) is 21.7. The van der Waals surface area contributed by atoms with E-state index in [0.717, 1.165) is 76.6 Å². The summed E-state index contributed by atoms with van der Waals surface area (Å²) in [6, 6.07) is 0. The van der Waals surface area contributed by atoms with Gasteiger partial charge in [0.05, 0.1) is 11.3 Å². The average molecular weight is 749 g/mol. The smallest absolute Gasteiger partial charge is 0.310 e. The molecule has 1 N–H and O–H groups in total. The van der Waals surface area contributed by atoms with Gasteiger partial charge >= 0.3 is 5.97 Å². The van der Waals surface area contributed by atoms with Crippen LogP contribution < -0.4 is 5.32 Å². The Labute approximate surface area is 326 Å². The summed E-state index contributed by atoms with van der Waals surface area (Å²) in [5, 5.41) is 3.54. The van der Waals surface area contributed by atoms with E-state index in [1.165, 1.54) is 18.4 Å². The van der Waals surface area contributed by atoms with Crippen molar-refractivity contribution in [3.05, 3.63) is 11.1 Å². The molecule has 5 saturated carbocycles. The molecule has 0 bridgehead atoms. The molecule has 1 heterocycles. The number of ketones is 1. The number of likely N-dealkylation sites (tertiary alicyclic amines) is 1. The number of amides is 1. The lowest BCUT2D eigenvalue weighted by Gasteiger charge is -2.72. The maximum Gasteiger partial charge on any atom is 0.310 e. The number of Topliss-reactive ketones (excluding diaryl/α,β-unsaturated/α-hetero) is 1. The van der Waals surface area contributed by atoms with E-state index in [1.807, 2.05) is 13.8 Å². The van der Waals surface area contributed by atoms with Crippen LogP contribution in [0, 0.1) is 62.1 Å². The lowest BCUT2D eigenvalue weighted by atomic mass is 9.33. The lowest BCUT2D eigenvalue weighted by molar-refractivity contribution is -0.237. The van der Waals surface area contributed by atoms with E-state index in [4.69, 9.17) is 9.47 Å². The Hall–Kier alpha value is -2.22. The predicted molar refractivity (Wildman–Crippen MR) is 210 cm³/mol. The van der Waals surface area contributed by atoms with E-state index in [0.29, 0.717) is 31.1 Å².